The molecular weight excluding hydrogens is 258 g/mol. The van der Waals surface area contributed by atoms with E-state index in [0.29, 0.717) is 18.0 Å². The van der Waals surface area contributed by atoms with Gasteiger partial charge in [-0.15, -0.1) is 6.58 Å². The fourth-order valence-corrected chi connectivity index (χ4v) is 2.42. The standard InChI is InChI=1S/C18H29N3/c1-6-9-21(16-7-8-16)18-11-15(12-19-14(4)5)10-17(20-18)13(2)3/h6,10-11,13-14,16,19H,1,7-9,12H2,2-5H3. The van der Waals surface area contributed by atoms with Gasteiger partial charge in [0.25, 0.3) is 0 Å². The predicted molar refractivity (Wildman–Crippen MR) is 90.9 cm³/mol. The molecular formula is C18H29N3. The Morgan fingerprint density at radius 2 is 2.05 bits per heavy atom. The van der Waals surface area contributed by atoms with Crippen LogP contribution in [0.15, 0.2) is 24.8 Å². The van der Waals surface area contributed by atoms with Crippen molar-refractivity contribution in [2.24, 2.45) is 0 Å². The lowest BCUT2D eigenvalue weighted by Gasteiger charge is -2.24. The first-order valence-corrected chi connectivity index (χ1v) is 8.13. The van der Waals surface area contributed by atoms with Crippen molar-refractivity contribution in [1.82, 2.24) is 10.3 Å². The topological polar surface area (TPSA) is 28.2 Å². The molecule has 0 radical (unpaired) electrons. The maximum absolute atomic E-state index is 4.89. The summed E-state index contributed by atoms with van der Waals surface area (Å²) in [5, 5.41) is 3.50. The van der Waals surface area contributed by atoms with Gasteiger partial charge in [-0.25, -0.2) is 4.98 Å². The third kappa shape index (κ3) is 4.57. The van der Waals surface area contributed by atoms with E-state index < -0.39 is 0 Å². The molecule has 1 aliphatic carbocycles. The number of pyridine rings is 1. The Morgan fingerprint density at radius 1 is 1.33 bits per heavy atom. The minimum absolute atomic E-state index is 0.451. The van der Waals surface area contributed by atoms with Crippen LogP contribution in [0.3, 0.4) is 0 Å². The average Bonchev–Trinajstić information content (AvgIpc) is 3.26. The lowest BCUT2D eigenvalue weighted by atomic mass is 10.1. The van der Waals surface area contributed by atoms with Crippen LogP contribution >= 0.6 is 0 Å². The normalized spacial score (nSPS) is 14.8. The van der Waals surface area contributed by atoms with Crippen LogP contribution < -0.4 is 10.2 Å². The van der Waals surface area contributed by atoms with Gasteiger partial charge in [-0.2, -0.15) is 0 Å². The fourth-order valence-electron chi connectivity index (χ4n) is 2.42. The molecule has 0 saturated heterocycles. The number of aromatic nitrogens is 1. The Morgan fingerprint density at radius 3 is 2.57 bits per heavy atom. The summed E-state index contributed by atoms with van der Waals surface area (Å²) in [6.07, 6.45) is 4.54. The first kappa shape index (κ1) is 16.0. The van der Waals surface area contributed by atoms with Crippen LogP contribution in [0.2, 0.25) is 0 Å². The minimum atomic E-state index is 0.451. The van der Waals surface area contributed by atoms with Crippen molar-refractivity contribution in [3.8, 4) is 0 Å². The van der Waals surface area contributed by atoms with Crippen molar-refractivity contribution in [1.29, 1.82) is 0 Å². The van der Waals surface area contributed by atoms with Crippen LogP contribution in [0.25, 0.3) is 0 Å². The smallest absolute Gasteiger partial charge is 0.129 e. The molecule has 0 spiro atoms. The summed E-state index contributed by atoms with van der Waals surface area (Å²) < 4.78 is 0. The molecule has 1 aromatic rings. The van der Waals surface area contributed by atoms with Crippen LogP contribution in [0.1, 0.15) is 57.7 Å². The van der Waals surface area contributed by atoms with Gasteiger partial charge in [0.1, 0.15) is 5.82 Å². The second-order valence-electron chi connectivity index (χ2n) is 6.62. The highest BCUT2D eigenvalue weighted by Crippen LogP contribution is 2.31. The second kappa shape index (κ2) is 7.08. The lowest BCUT2D eigenvalue weighted by molar-refractivity contribution is 0.587. The fraction of sp³-hybridized carbons (Fsp3) is 0.611. The molecule has 0 amide bonds. The Bertz CT molecular complexity index is 475. The van der Waals surface area contributed by atoms with Crippen LogP contribution in [-0.2, 0) is 6.54 Å². The SMILES string of the molecule is C=CCN(c1cc(CNC(C)C)cc(C(C)C)n1)C1CC1. The lowest BCUT2D eigenvalue weighted by Crippen LogP contribution is -2.28. The molecule has 3 heteroatoms. The van der Waals surface area contributed by atoms with Gasteiger partial charge in [0.2, 0.25) is 0 Å². The molecule has 1 fully saturated rings. The number of nitrogens with zero attached hydrogens (tertiary/aromatic N) is 2. The van der Waals surface area contributed by atoms with Crippen molar-refractivity contribution in [2.75, 3.05) is 11.4 Å². The summed E-state index contributed by atoms with van der Waals surface area (Å²) in [5.41, 5.74) is 2.51. The highest BCUT2D eigenvalue weighted by molar-refractivity contribution is 5.46. The molecule has 21 heavy (non-hydrogen) atoms. The predicted octanol–water partition coefficient (Wildman–Crippen LogP) is 3.86. The number of nitrogens with one attached hydrogen (secondary N) is 1. The van der Waals surface area contributed by atoms with Crippen molar-refractivity contribution < 1.29 is 0 Å². The molecule has 1 saturated carbocycles. The summed E-state index contributed by atoms with van der Waals surface area (Å²) in [7, 11) is 0. The first-order valence-electron chi connectivity index (χ1n) is 8.13. The van der Waals surface area contributed by atoms with Gasteiger partial charge in [-0.3, -0.25) is 0 Å². The summed E-state index contributed by atoms with van der Waals surface area (Å²) >= 11 is 0. The van der Waals surface area contributed by atoms with E-state index >= 15 is 0 Å². The molecule has 0 atom stereocenters. The van der Waals surface area contributed by atoms with E-state index in [9.17, 15) is 0 Å². The van der Waals surface area contributed by atoms with Gasteiger partial charge < -0.3 is 10.2 Å². The molecule has 1 heterocycles. The van der Waals surface area contributed by atoms with Crippen molar-refractivity contribution >= 4 is 5.82 Å². The molecule has 0 bridgehead atoms. The molecule has 3 nitrogen and oxygen atoms in total. The zero-order valence-electron chi connectivity index (χ0n) is 13.9. The zero-order chi connectivity index (χ0) is 15.4. The van der Waals surface area contributed by atoms with Crippen LogP contribution in [0.5, 0.6) is 0 Å². The van der Waals surface area contributed by atoms with E-state index in [1.54, 1.807) is 0 Å². The van der Waals surface area contributed by atoms with Crippen molar-refractivity contribution in [2.45, 2.75) is 65.1 Å². The Balaban J connectivity index is 2.27. The van der Waals surface area contributed by atoms with Crippen molar-refractivity contribution in [3.05, 3.63) is 36.0 Å². The highest BCUT2D eigenvalue weighted by Gasteiger charge is 2.29. The Hall–Kier alpha value is -1.35. The number of rotatable bonds is 8. The van der Waals surface area contributed by atoms with Gasteiger partial charge in [0.15, 0.2) is 0 Å². The van der Waals surface area contributed by atoms with E-state index in [2.05, 4.69) is 56.6 Å². The third-order valence-electron chi connectivity index (χ3n) is 3.81. The summed E-state index contributed by atoms with van der Waals surface area (Å²) in [6, 6.07) is 5.63. The average molecular weight is 287 g/mol. The maximum atomic E-state index is 4.89. The van der Waals surface area contributed by atoms with Gasteiger partial charge >= 0.3 is 0 Å². The number of hydrogen-bond acceptors (Lipinski definition) is 3. The maximum Gasteiger partial charge on any atom is 0.129 e. The zero-order valence-corrected chi connectivity index (χ0v) is 13.9. The van der Waals surface area contributed by atoms with Gasteiger partial charge in [0, 0.05) is 30.9 Å². The van der Waals surface area contributed by atoms with E-state index in [-0.39, 0.29) is 0 Å². The summed E-state index contributed by atoms with van der Waals surface area (Å²) in [5.74, 6) is 1.57. The van der Waals surface area contributed by atoms with Crippen LogP contribution in [0, 0.1) is 0 Å². The number of anilines is 1. The van der Waals surface area contributed by atoms with Crippen molar-refractivity contribution in [3.63, 3.8) is 0 Å². The monoisotopic (exact) mass is 287 g/mol. The quantitative estimate of drug-likeness (QED) is 0.736. The Kier molecular flexibility index (Phi) is 5.40. The van der Waals surface area contributed by atoms with Gasteiger partial charge in [-0.05, 0) is 36.5 Å². The molecule has 1 N–H and O–H groups in total. The molecule has 0 aliphatic heterocycles. The molecule has 1 aliphatic rings. The first-order chi connectivity index (χ1) is 10.0. The van der Waals surface area contributed by atoms with E-state index in [0.717, 1.165) is 18.9 Å². The molecule has 0 aromatic carbocycles. The molecule has 2 rings (SSSR count). The molecule has 1 aromatic heterocycles. The largest absolute Gasteiger partial charge is 0.350 e. The Labute approximate surface area is 129 Å². The van der Waals surface area contributed by atoms with E-state index in [1.807, 2.05) is 6.08 Å². The molecule has 116 valence electrons. The number of hydrogen-bond donors (Lipinski definition) is 1. The summed E-state index contributed by atoms with van der Waals surface area (Å²) in [4.78, 5) is 7.29. The van der Waals surface area contributed by atoms with E-state index in [4.69, 9.17) is 4.98 Å². The van der Waals surface area contributed by atoms with Gasteiger partial charge in [-0.1, -0.05) is 33.8 Å². The van der Waals surface area contributed by atoms with E-state index in [1.165, 1.54) is 24.1 Å². The summed E-state index contributed by atoms with van der Waals surface area (Å²) in [6.45, 7) is 14.5. The van der Waals surface area contributed by atoms with Crippen LogP contribution in [0.4, 0.5) is 5.82 Å². The van der Waals surface area contributed by atoms with Crippen LogP contribution in [-0.4, -0.2) is 23.6 Å². The minimum Gasteiger partial charge on any atom is -0.350 e. The second-order valence-corrected chi connectivity index (χ2v) is 6.62. The molecule has 0 unspecified atom stereocenters. The highest BCUT2D eigenvalue weighted by atomic mass is 15.2. The third-order valence-corrected chi connectivity index (χ3v) is 3.81. The van der Waals surface area contributed by atoms with Gasteiger partial charge in [0.05, 0.1) is 0 Å².